The largest absolute Gasteiger partial charge is 0.506 e. The van der Waals surface area contributed by atoms with Crippen LogP contribution in [-0.4, -0.2) is 34.2 Å². The average molecular weight is 449 g/mol. The molecule has 0 bridgehead atoms. The second-order valence-electron chi connectivity index (χ2n) is 7.62. The van der Waals surface area contributed by atoms with Gasteiger partial charge in [0.2, 0.25) is 0 Å². The molecule has 1 aliphatic carbocycles. The molecule has 1 aromatic heterocycles. The lowest BCUT2D eigenvalue weighted by atomic mass is 10.0. The summed E-state index contributed by atoms with van der Waals surface area (Å²) in [5, 5.41) is 24.3. The first-order valence-electron chi connectivity index (χ1n) is 10.1. The summed E-state index contributed by atoms with van der Waals surface area (Å²) in [5.74, 6) is -1.54. The first kappa shape index (κ1) is 21.6. The minimum Gasteiger partial charge on any atom is -0.506 e. The number of hydrogen-bond acceptors (Lipinski definition) is 7. The Labute approximate surface area is 188 Å². The molecule has 32 heavy (non-hydrogen) atoms. The normalized spacial score (nSPS) is 13.1. The van der Waals surface area contributed by atoms with E-state index in [1.54, 1.807) is 6.92 Å². The number of ketones is 1. The van der Waals surface area contributed by atoms with E-state index in [1.165, 1.54) is 34.6 Å². The fourth-order valence-electron chi connectivity index (χ4n) is 3.85. The number of benzene rings is 2. The number of carboxylic acid groups (broad SMARTS) is 1. The van der Waals surface area contributed by atoms with Crippen LogP contribution in [0.4, 0.5) is 5.69 Å². The van der Waals surface area contributed by atoms with Crippen LogP contribution >= 0.6 is 11.3 Å². The van der Waals surface area contributed by atoms with Gasteiger partial charge in [0.05, 0.1) is 10.4 Å². The zero-order valence-corrected chi connectivity index (χ0v) is 18.1. The lowest BCUT2D eigenvalue weighted by Gasteiger charge is -2.05. The Bertz CT molecular complexity index is 1280. The maximum Gasteiger partial charge on any atom is 0.338 e. The number of aromatic carboxylic acids is 1. The number of carboxylic acids is 1. The topological polar surface area (TPSA) is 116 Å². The van der Waals surface area contributed by atoms with Crippen molar-refractivity contribution in [3.8, 4) is 16.2 Å². The van der Waals surface area contributed by atoms with Gasteiger partial charge >= 0.3 is 5.97 Å². The van der Waals surface area contributed by atoms with E-state index in [0.717, 1.165) is 35.8 Å². The third-order valence-electron chi connectivity index (χ3n) is 5.62. The van der Waals surface area contributed by atoms with Gasteiger partial charge in [0.25, 0.3) is 0 Å². The maximum atomic E-state index is 12.5. The van der Waals surface area contributed by atoms with Crippen molar-refractivity contribution in [3.05, 3.63) is 74.5 Å². The molecule has 0 fully saturated rings. The highest BCUT2D eigenvalue weighted by Crippen LogP contribution is 2.40. The molecular weight excluding hydrogens is 428 g/mol. The number of nitroso groups, excluding NO2 is 1. The molecular formula is C24H20N2O5S. The fraction of sp³-hybridized carbons (Fsp3) is 0.208. The van der Waals surface area contributed by atoms with E-state index in [2.05, 4.69) is 22.3 Å². The van der Waals surface area contributed by atoms with Crippen molar-refractivity contribution in [1.29, 1.82) is 0 Å². The van der Waals surface area contributed by atoms with Gasteiger partial charge in [0.1, 0.15) is 18.0 Å². The molecule has 2 N–H and O–H groups in total. The smallest absolute Gasteiger partial charge is 0.338 e. The predicted octanol–water partition coefficient (Wildman–Crippen LogP) is 5.40. The third kappa shape index (κ3) is 4.09. The molecule has 4 rings (SSSR count). The van der Waals surface area contributed by atoms with Gasteiger partial charge in [-0.1, -0.05) is 18.2 Å². The van der Waals surface area contributed by atoms with Crippen molar-refractivity contribution in [2.45, 2.75) is 26.2 Å². The molecule has 2 aromatic carbocycles. The van der Waals surface area contributed by atoms with Crippen LogP contribution in [0.3, 0.4) is 0 Å². The van der Waals surface area contributed by atoms with E-state index in [0.29, 0.717) is 11.3 Å². The van der Waals surface area contributed by atoms with Crippen LogP contribution in [0.25, 0.3) is 10.4 Å². The number of carbonyl (C=O) groups excluding carboxylic acids is 1. The summed E-state index contributed by atoms with van der Waals surface area (Å²) in [5.41, 5.74) is 4.31. The van der Waals surface area contributed by atoms with E-state index in [-0.39, 0.29) is 34.9 Å². The molecule has 0 radical (unpaired) electrons. The number of thiophene rings is 1. The third-order valence-corrected chi connectivity index (χ3v) is 6.64. The Kier molecular flexibility index (Phi) is 5.96. The second-order valence-corrected chi connectivity index (χ2v) is 8.50. The summed E-state index contributed by atoms with van der Waals surface area (Å²) in [6, 6.07) is 9.93. The van der Waals surface area contributed by atoms with Crippen LogP contribution in [0.15, 0.2) is 51.9 Å². The molecule has 1 aliphatic rings. The van der Waals surface area contributed by atoms with Crippen LogP contribution in [0.5, 0.6) is 5.75 Å². The Morgan fingerprint density at radius 1 is 1.06 bits per heavy atom. The monoisotopic (exact) mass is 448 g/mol. The molecule has 0 spiro atoms. The average Bonchev–Trinajstić information content (AvgIpc) is 3.42. The fourth-order valence-corrected chi connectivity index (χ4v) is 4.86. The molecule has 8 heteroatoms. The van der Waals surface area contributed by atoms with Crippen LogP contribution in [0.2, 0.25) is 0 Å². The molecule has 0 aliphatic heterocycles. The lowest BCUT2D eigenvalue weighted by molar-refractivity contribution is 0.0697. The molecule has 162 valence electrons. The standard InChI is InChI=1S/C24H20N2O5S/c1-13(25-11-21(27)16-7-8-18(24(29)30)20(10-16)26-31)19-12-32-23(22(19)28)17-6-5-14-3-2-4-15(14)9-17/h5-10,12,28H,2-4,11H2,1H3,(H,29,30). The molecule has 3 aromatic rings. The zero-order valence-electron chi connectivity index (χ0n) is 17.3. The quantitative estimate of drug-likeness (QED) is 0.285. The number of hydrogen-bond donors (Lipinski definition) is 2. The number of nitrogens with zero attached hydrogens (tertiary/aromatic N) is 2. The van der Waals surface area contributed by atoms with Gasteiger partial charge in [0.15, 0.2) is 5.78 Å². The molecule has 0 saturated carbocycles. The zero-order chi connectivity index (χ0) is 22.8. The number of rotatable bonds is 7. The van der Waals surface area contributed by atoms with Gasteiger partial charge in [-0.2, -0.15) is 0 Å². The van der Waals surface area contributed by atoms with Crippen molar-refractivity contribution in [2.75, 3.05) is 6.54 Å². The summed E-state index contributed by atoms with van der Waals surface area (Å²) in [6.45, 7) is 1.51. The van der Waals surface area contributed by atoms with Crippen molar-refractivity contribution in [1.82, 2.24) is 0 Å². The van der Waals surface area contributed by atoms with Crippen molar-refractivity contribution >= 4 is 34.5 Å². The first-order valence-corrected chi connectivity index (χ1v) is 10.9. The molecule has 0 atom stereocenters. The van der Waals surface area contributed by atoms with E-state index >= 15 is 0 Å². The molecule has 1 heterocycles. The summed E-state index contributed by atoms with van der Waals surface area (Å²) >= 11 is 1.42. The van der Waals surface area contributed by atoms with Gasteiger partial charge in [-0.05, 0) is 66.3 Å². The maximum absolute atomic E-state index is 12.5. The highest BCUT2D eigenvalue weighted by Gasteiger charge is 2.18. The highest BCUT2D eigenvalue weighted by atomic mass is 32.1. The minimum absolute atomic E-state index is 0.139. The number of aromatic hydroxyl groups is 1. The first-order chi connectivity index (χ1) is 15.4. The Morgan fingerprint density at radius 2 is 1.84 bits per heavy atom. The van der Waals surface area contributed by atoms with Crippen LogP contribution in [0.1, 0.15) is 50.8 Å². The second kappa shape index (κ2) is 8.84. The number of Topliss-reactive ketones (excluding diaryl/α,β-unsaturated/α-hetero) is 1. The highest BCUT2D eigenvalue weighted by molar-refractivity contribution is 7.14. The van der Waals surface area contributed by atoms with Gasteiger partial charge < -0.3 is 10.2 Å². The van der Waals surface area contributed by atoms with E-state index in [1.807, 2.05) is 11.4 Å². The van der Waals surface area contributed by atoms with Gasteiger partial charge in [-0.25, -0.2) is 4.79 Å². The van der Waals surface area contributed by atoms with Gasteiger partial charge in [-0.3, -0.25) is 9.79 Å². The lowest BCUT2D eigenvalue weighted by Crippen LogP contribution is -2.07. The molecule has 0 unspecified atom stereocenters. The van der Waals surface area contributed by atoms with Crippen LogP contribution < -0.4 is 0 Å². The SMILES string of the molecule is CC(=NCC(=O)c1ccc(C(=O)O)c(N=O)c1)c1csc(-c2ccc3c(c2)CCC3)c1O. The molecule has 0 saturated heterocycles. The van der Waals surface area contributed by atoms with Gasteiger partial charge in [-0.15, -0.1) is 16.2 Å². The molecule has 0 amide bonds. The Balaban J connectivity index is 1.53. The number of aliphatic imine (C=N–C) groups is 1. The van der Waals surface area contributed by atoms with E-state index in [4.69, 9.17) is 5.11 Å². The van der Waals surface area contributed by atoms with Crippen LogP contribution in [-0.2, 0) is 12.8 Å². The summed E-state index contributed by atoms with van der Waals surface area (Å²) in [4.78, 5) is 39.6. The minimum atomic E-state index is -1.29. The Morgan fingerprint density at radius 3 is 2.59 bits per heavy atom. The van der Waals surface area contributed by atoms with Crippen molar-refractivity contribution < 1.29 is 19.8 Å². The van der Waals surface area contributed by atoms with Gasteiger partial charge in [0, 0.05) is 22.2 Å². The number of carbonyl (C=O) groups is 2. The van der Waals surface area contributed by atoms with Crippen molar-refractivity contribution in [3.63, 3.8) is 0 Å². The Hall–Kier alpha value is -3.65. The van der Waals surface area contributed by atoms with Crippen molar-refractivity contribution in [2.24, 2.45) is 10.2 Å². The summed E-state index contributed by atoms with van der Waals surface area (Å²) in [6.07, 6.45) is 3.31. The predicted molar refractivity (Wildman–Crippen MR) is 124 cm³/mol. The van der Waals surface area contributed by atoms with Crippen LogP contribution in [0, 0.1) is 4.91 Å². The van der Waals surface area contributed by atoms with E-state index in [9.17, 15) is 19.6 Å². The van der Waals surface area contributed by atoms with E-state index < -0.39 is 5.97 Å². The summed E-state index contributed by atoms with van der Waals surface area (Å²) < 4.78 is 0. The number of fused-ring (bicyclic) bond motifs is 1. The molecule has 7 nitrogen and oxygen atoms in total. The summed E-state index contributed by atoms with van der Waals surface area (Å²) in [7, 11) is 0. The number of aryl methyl sites for hydroxylation is 2.